The Morgan fingerprint density at radius 2 is 1.10 bits per heavy atom. The average Bonchev–Trinajstić information content (AvgIpc) is 3.61. The highest BCUT2D eigenvalue weighted by atomic mass is 19.2. The van der Waals surface area contributed by atoms with E-state index in [2.05, 4.69) is 98.7 Å². The number of imidazole rings is 1. The summed E-state index contributed by atoms with van der Waals surface area (Å²) in [6, 6.07) is 40.3. The number of rotatable bonds is 6. The number of hydrogen-bond acceptors (Lipinski definition) is 3. The van der Waals surface area contributed by atoms with Crippen LogP contribution in [0, 0.1) is 17.5 Å². The molecule has 0 saturated carbocycles. The summed E-state index contributed by atoms with van der Waals surface area (Å²) in [6.45, 7) is 19.1. The summed E-state index contributed by atoms with van der Waals surface area (Å²) < 4.78 is 46.6. The van der Waals surface area contributed by atoms with E-state index in [-0.39, 0.29) is 27.6 Å². The maximum atomic E-state index is 15.1. The summed E-state index contributed by atoms with van der Waals surface area (Å²) in [4.78, 5) is 10.2. The molecule has 61 heavy (non-hydrogen) atoms. The number of hydrogen-bond donors (Lipinski definition) is 1. The molecule has 1 N–H and O–H groups in total. The lowest BCUT2D eigenvalue weighted by atomic mass is 9.83. The molecule has 0 aliphatic heterocycles. The molecule has 7 heteroatoms. The lowest BCUT2D eigenvalue weighted by Crippen LogP contribution is -2.12. The Morgan fingerprint density at radius 3 is 1.75 bits per heavy atom. The van der Waals surface area contributed by atoms with Gasteiger partial charge in [0.1, 0.15) is 11.6 Å². The van der Waals surface area contributed by atoms with Gasteiger partial charge in [0, 0.05) is 22.9 Å². The lowest BCUT2D eigenvalue weighted by Gasteiger charge is -2.23. The van der Waals surface area contributed by atoms with Gasteiger partial charge in [0.25, 0.3) is 0 Å². The van der Waals surface area contributed by atoms with E-state index in [1.165, 1.54) is 0 Å². The van der Waals surface area contributed by atoms with Crippen LogP contribution in [0.1, 0.15) is 79.0 Å². The van der Waals surface area contributed by atoms with Crippen LogP contribution in [-0.2, 0) is 16.2 Å². The van der Waals surface area contributed by atoms with Gasteiger partial charge < -0.3 is 5.11 Å². The highest BCUT2D eigenvalue weighted by Gasteiger charge is 2.27. The molecule has 0 unspecified atom stereocenters. The van der Waals surface area contributed by atoms with Gasteiger partial charge in [-0.2, -0.15) is 0 Å². The number of aromatic hydroxyl groups is 1. The fourth-order valence-electron chi connectivity index (χ4n) is 7.84. The van der Waals surface area contributed by atoms with Crippen molar-refractivity contribution in [2.45, 2.75) is 78.6 Å². The normalized spacial score (nSPS) is 12.3. The molecular weight excluding hydrogens is 764 g/mol. The fraction of sp³-hybridized carbons (Fsp3) is 0.222. The van der Waals surface area contributed by atoms with Crippen LogP contribution >= 0.6 is 0 Å². The summed E-state index contributed by atoms with van der Waals surface area (Å²) in [5.74, 6) is -3.64. The third-order valence-corrected chi connectivity index (χ3v) is 11.5. The first-order valence-electron chi connectivity index (χ1n) is 20.6. The summed E-state index contributed by atoms with van der Waals surface area (Å²) in [5, 5.41) is 11.7. The maximum absolute atomic E-state index is 15.1. The molecule has 0 radical (unpaired) electrons. The van der Waals surface area contributed by atoms with Crippen molar-refractivity contribution in [3.8, 4) is 67.5 Å². The molecule has 2 heterocycles. The first-order valence-corrected chi connectivity index (χ1v) is 20.6. The highest BCUT2D eigenvalue weighted by molar-refractivity contribution is 5.98. The molecule has 0 saturated heterocycles. The molecule has 4 nitrogen and oxygen atoms in total. The summed E-state index contributed by atoms with van der Waals surface area (Å²) in [6.07, 6.45) is 1.84. The van der Waals surface area contributed by atoms with Crippen LogP contribution in [0.4, 0.5) is 13.2 Å². The van der Waals surface area contributed by atoms with Crippen LogP contribution in [0.5, 0.6) is 5.75 Å². The van der Waals surface area contributed by atoms with Gasteiger partial charge in [0.05, 0.1) is 28.0 Å². The molecule has 0 atom stereocenters. The number of aromatic nitrogens is 3. The van der Waals surface area contributed by atoms with Crippen molar-refractivity contribution in [3.63, 3.8) is 0 Å². The zero-order valence-electron chi connectivity index (χ0n) is 36.1. The zero-order chi connectivity index (χ0) is 43.6. The van der Waals surface area contributed by atoms with Gasteiger partial charge in [0.15, 0.2) is 17.5 Å². The van der Waals surface area contributed by atoms with Crippen molar-refractivity contribution in [1.82, 2.24) is 14.5 Å². The van der Waals surface area contributed by atoms with Crippen LogP contribution in [0.2, 0.25) is 0 Å². The van der Waals surface area contributed by atoms with E-state index >= 15 is 8.78 Å². The molecule has 2 aromatic heterocycles. The van der Waals surface area contributed by atoms with Crippen molar-refractivity contribution in [2.24, 2.45) is 0 Å². The van der Waals surface area contributed by atoms with Crippen LogP contribution in [0.25, 0.3) is 72.7 Å². The smallest absolute Gasteiger partial charge is 0.194 e. The van der Waals surface area contributed by atoms with Gasteiger partial charge >= 0.3 is 0 Å². The molecule has 0 aliphatic carbocycles. The van der Waals surface area contributed by atoms with E-state index in [4.69, 9.17) is 9.97 Å². The number of phenols is 1. The molecule has 308 valence electrons. The monoisotopic (exact) mass is 813 g/mol. The Balaban J connectivity index is 1.44. The highest BCUT2D eigenvalue weighted by Crippen LogP contribution is 2.44. The second kappa shape index (κ2) is 15.2. The van der Waals surface area contributed by atoms with Gasteiger partial charge in [0.2, 0.25) is 0 Å². The summed E-state index contributed by atoms with van der Waals surface area (Å²) >= 11 is 0. The van der Waals surface area contributed by atoms with Crippen LogP contribution in [-0.4, -0.2) is 19.6 Å². The lowest BCUT2D eigenvalue weighted by molar-refractivity contribution is 0.447. The summed E-state index contributed by atoms with van der Waals surface area (Å²) in [7, 11) is 0. The Morgan fingerprint density at radius 1 is 0.492 bits per heavy atom. The van der Waals surface area contributed by atoms with Gasteiger partial charge in [-0.05, 0) is 122 Å². The third kappa shape index (κ3) is 7.97. The largest absolute Gasteiger partial charge is 0.507 e. The number of halogens is 3. The topological polar surface area (TPSA) is 50.9 Å². The SMILES string of the molecule is CC(C)(C)c1cc(-c2cc(-c3ccccc3)ccn2)cc(-c2cccc3c2nc(-c2cc(C(C)(C)C)ccc2O)n3-c2ccc(C(C)(C)C)cc2-c2cc(F)c(F)c(F)c2)c1. The minimum absolute atomic E-state index is 0.0271. The van der Waals surface area contributed by atoms with Gasteiger partial charge in [-0.3, -0.25) is 9.55 Å². The van der Waals surface area contributed by atoms with Crippen molar-refractivity contribution >= 4 is 11.0 Å². The van der Waals surface area contributed by atoms with Gasteiger partial charge in [-0.15, -0.1) is 0 Å². The second-order valence-corrected chi connectivity index (χ2v) is 19.0. The predicted octanol–water partition coefficient (Wildman–Crippen LogP) is 14.8. The molecule has 8 rings (SSSR count). The summed E-state index contributed by atoms with van der Waals surface area (Å²) in [5.41, 5.74) is 11.0. The van der Waals surface area contributed by atoms with E-state index < -0.39 is 17.5 Å². The van der Waals surface area contributed by atoms with E-state index in [0.29, 0.717) is 33.7 Å². The van der Waals surface area contributed by atoms with E-state index in [1.54, 1.807) is 6.07 Å². The first-order chi connectivity index (χ1) is 28.8. The van der Waals surface area contributed by atoms with E-state index in [9.17, 15) is 9.50 Å². The molecule has 0 aliphatic rings. The van der Waals surface area contributed by atoms with Crippen molar-refractivity contribution in [2.75, 3.05) is 0 Å². The van der Waals surface area contributed by atoms with E-state index in [1.807, 2.05) is 83.6 Å². The van der Waals surface area contributed by atoms with Crippen molar-refractivity contribution in [3.05, 3.63) is 168 Å². The van der Waals surface area contributed by atoms with Crippen LogP contribution in [0.3, 0.4) is 0 Å². The average molecular weight is 814 g/mol. The fourth-order valence-corrected chi connectivity index (χ4v) is 7.84. The Labute approximate surface area is 356 Å². The molecule has 8 aromatic rings. The number of phenolic OH excluding ortho intramolecular Hbond substituents is 1. The second-order valence-electron chi connectivity index (χ2n) is 19.0. The van der Waals surface area contributed by atoms with Gasteiger partial charge in [-0.1, -0.05) is 123 Å². The van der Waals surface area contributed by atoms with E-state index in [0.717, 1.165) is 62.3 Å². The number of benzene rings is 6. The number of para-hydroxylation sites is 1. The minimum atomic E-state index is -1.53. The zero-order valence-corrected chi connectivity index (χ0v) is 36.1. The molecule has 6 aromatic carbocycles. The number of nitrogens with zero attached hydrogens (tertiary/aromatic N) is 3. The Bertz CT molecular complexity index is 2940. The number of pyridine rings is 1. The van der Waals surface area contributed by atoms with Gasteiger partial charge in [-0.25, -0.2) is 18.2 Å². The molecule has 0 bridgehead atoms. The third-order valence-electron chi connectivity index (χ3n) is 11.5. The maximum Gasteiger partial charge on any atom is 0.194 e. The first kappa shape index (κ1) is 41.3. The molecule has 0 spiro atoms. The standard InChI is InChI=1S/C54H50F3N3O/c1-52(2,3)37-18-20-46(41(30-37)35-27-43(55)49(57)44(56)28-35)60-47-17-13-16-40(50(47)59-51(60)42-31-38(53(4,5)6)19-21-48(42)61)34-24-36(26-39(25-34)54(7,8)9)45-29-33(22-23-58-45)32-14-11-10-12-15-32/h10-31,61H,1-9H3. The quantitative estimate of drug-likeness (QED) is 0.170. The molecule has 0 amide bonds. The van der Waals surface area contributed by atoms with Crippen molar-refractivity contribution in [1.29, 1.82) is 0 Å². The van der Waals surface area contributed by atoms with Crippen molar-refractivity contribution < 1.29 is 18.3 Å². The van der Waals surface area contributed by atoms with Crippen LogP contribution < -0.4 is 0 Å². The molecular formula is C54H50F3N3O. The number of fused-ring (bicyclic) bond motifs is 1. The predicted molar refractivity (Wildman–Crippen MR) is 244 cm³/mol. The Hall–Kier alpha value is -6.47. The Kier molecular flexibility index (Phi) is 10.3. The molecule has 0 fully saturated rings. The minimum Gasteiger partial charge on any atom is -0.507 e. The van der Waals surface area contributed by atoms with Crippen LogP contribution in [0.15, 0.2) is 134 Å².